The second-order valence-electron chi connectivity index (χ2n) is 7.47. The summed E-state index contributed by atoms with van der Waals surface area (Å²) in [5, 5.41) is 3.39. The van der Waals surface area contributed by atoms with Gasteiger partial charge in [0.05, 0.1) is 5.75 Å². The van der Waals surface area contributed by atoms with Crippen molar-refractivity contribution in [2.45, 2.75) is 45.1 Å². The number of likely N-dealkylation sites (tertiary alicyclic amines) is 1. The first-order valence-electron chi connectivity index (χ1n) is 8.99. The summed E-state index contributed by atoms with van der Waals surface area (Å²) in [4.78, 5) is 2.66. The summed E-state index contributed by atoms with van der Waals surface area (Å²) < 4.78 is 26.1. The Morgan fingerprint density at radius 3 is 2.41 bits per heavy atom. The molecule has 0 radical (unpaired) electrons. The van der Waals surface area contributed by atoms with Crippen LogP contribution in [0.4, 0.5) is 0 Å². The van der Waals surface area contributed by atoms with Gasteiger partial charge in [0.2, 0.25) is 10.0 Å². The Morgan fingerprint density at radius 1 is 1.09 bits per heavy atom. The second-order valence-corrected chi connectivity index (χ2v) is 9.51. The summed E-state index contributed by atoms with van der Waals surface area (Å²) in [5.74, 6) is 2.79. The topological polar surface area (TPSA) is 61.4 Å². The van der Waals surface area contributed by atoms with Crippen LogP contribution in [-0.2, 0) is 10.0 Å². The number of rotatable bonds is 6. The van der Waals surface area contributed by atoms with Gasteiger partial charge in [0.1, 0.15) is 0 Å². The molecule has 0 spiro atoms. The van der Waals surface area contributed by atoms with Gasteiger partial charge < -0.3 is 10.2 Å². The van der Waals surface area contributed by atoms with Crippen molar-refractivity contribution in [2.24, 2.45) is 17.8 Å². The molecule has 0 aromatic heterocycles. The smallest absolute Gasteiger partial charge is 0.211 e. The quantitative estimate of drug-likeness (QED) is 0.764. The Bertz CT molecular complexity index is 456. The Morgan fingerprint density at radius 2 is 1.82 bits per heavy atom. The van der Waals surface area contributed by atoms with Gasteiger partial charge in [-0.25, -0.2) is 13.1 Å². The van der Waals surface area contributed by atoms with E-state index in [1.165, 1.54) is 52.0 Å². The van der Waals surface area contributed by atoms with E-state index in [1.807, 2.05) is 0 Å². The number of nitrogens with zero attached hydrogens (tertiary/aromatic N) is 1. The zero-order valence-electron chi connectivity index (χ0n) is 13.8. The van der Waals surface area contributed by atoms with E-state index in [0.29, 0.717) is 0 Å². The first-order chi connectivity index (χ1) is 10.6. The fraction of sp³-hybridized carbons (Fsp3) is 1.00. The zero-order valence-corrected chi connectivity index (χ0v) is 14.6. The van der Waals surface area contributed by atoms with Crippen LogP contribution < -0.4 is 10.0 Å². The van der Waals surface area contributed by atoms with Crippen LogP contribution in [0.2, 0.25) is 0 Å². The monoisotopic (exact) mass is 329 g/mol. The number of nitrogens with one attached hydrogen (secondary N) is 2. The highest BCUT2D eigenvalue weighted by molar-refractivity contribution is 7.89. The summed E-state index contributed by atoms with van der Waals surface area (Å²) in [5.41, 5.74) is 0. The Balaban J connectivity index is 1.37. The minimum atomic E-state index is -3.04. The molecule has 3 fully saturated rings. The molecule has 0 bridgehead atoms. The van der Waals surface area contributed by atoms with E-state index < -0.39 is 10.0 Å². The van der Waals surface area contributed by atoms with Gasteiger partial charge in [-0.2, -0.15) is 0 Å². The molecule has 6 heteroatoms. The third kappa shape index (κ3) is 4.22. The van der Waals surface area contributed by atoms with Gasteiger partial charge >= 0.3 is 0 Å². The van der Waals surface area contributed by atoms with Crippen molar-refractivity contribution in [3.8, 4) is 0 Å². The molecule has 1 aliphatic carbocycles. The second kappa shape index (κ2) is 7.16. The van der Waals surface area contributed by atoms with Crippen LogP contribution in [0.25, 0.3) is 0 Å². The van der Waals surface area contributed by atoms with Crippen molar-refractivity contribution in [2.75, 3.05) is 38.5 Å². The van der Waals surface area contributed by atoms with Crippen LogP contribution in [0.15, 0.2) is 0 Å². The molecule has 3 aliphatic rings. The molecule has 2 heterocycles. The molecule has 2 saturated heterocycles. The molecular weight excluding hydrogens is 298 g/mol. The van der Waals surface area contributed by atoms with Crippen LogP contribution in [0.1, 0.15) is 39.0 Å². The molecule has 5 nitrogen and oxygen atoms in total. The first-order valence-corrected chi connectivity index (χ1v) is 10.6. The van der Waals surface area contributed by atoms with Crippen LogP contribution in [0, 0.1) is 17.8 Å². The van der Waals surface area contributed by atoms with Crippen LogP contribution >= 0.6 is 0 Å². The number of sulfonamides is 1. The van der Waals surface area contributed by atoms with E-state index in [9.17, 15) is 8.42 Å². The molecule has 128 valence electrons. The fourth-order valence-corrected chi connectivity index (χ4v) is 5.13. The van der Waals surface area contributed by atoms with Crippen molar-refractivity contribution in [1.29, 1.82) is 0 Å². The Hall–Kier alpha value is -0.170. The molecule has 0 aromatic carbocycles. The highest BCUT2D eigenvalue weighted by Gasteiger charge is 2.34. The van der Waals surface area contributed by atoms with E-state index in [1.54, 1.807) is 6.92 Å². The van der Waals surface area contributed by atoms with Gasteiger partial charge in [-0.05, 0) is 76.4 Å². The molecule has 0 aromatic rings. The largest absolute Gasteiger partial charge is 0.316 e. The molecule has 3 rings (SSSR count). The third-order valence-corrected chi connectivity index (χ3v) is 7.33. The Kier molecular flexibility index (Phi) is 5.43. The summed E-state index contributed by atoms with van der Waals surface area (Å²) in [6, 6.07) is 0.175. The van der Waals surface area contributed by atoms with Crippen molar-refractivity contribution < 1.29 is 8.42 Å². The molecule has 1 atom stereocenters. The maximum atomic E-state index is 11.6. The summed E-state index contributed by atoms with van der Waals surface area (Å²) >= 11 is 0. The maximum absolute atomic E-state index is 11.6. The predicted octanol–water partition coefficient (Wildman–Crippen LogP) is 1.03. The molecule has 22 heavy (non-hydrogen) atoms. The molecular formula is C16H31N3O2S. The minimum absolute atomic E-state index is 0.175. The van der Waals surface area contributed by atoms with Crippen LogP contribution in [0.3, 0.4) is 0 Å². The zero-order chi connectivity index (χ0) is 15.6. The van der Waals surface area contributed by atoms with Gasteiger partial charge in [0, 0.05) is 19.1 Å². The van der Waals surface area contributed by atoms with E-state index in [2.05, 4.69) is 14.9 Å². The third-order valence-electron chi connectivity index (χ3n) is 5.88. The lowest BCUT2D eigenvalue weighted by molar-refractivity contribution is 0.192. The Labute approximate surface area is 135 Å². The van der Waals surface area contributed by atoms with Crippen molar-refractivity contribution in [1.82, 2.24) is 14.9 Å². The predicted molar refractivity (Wildman–Crippen MR) is 89.2 cm³/mol. The highest BCUT2D eigenvalue weighted by atomic mass is 32.2. The normalized spacial score (nSPS) is 34.7. The fourth-order valence-electron chi connectivity index (χ4n) is 4.22. The highest BCUT2D eigenvalue weighted by Crippen LogP contribution is 2.30. The van der Waals surface area contributed by atoms with Gasteiger partial charge in [-0.1, -0.05) is 0 Å². The molecule has 0 amide bonds. The van der Waals surface area contributed by atoms with Gasteiger partial charge in [0.25, 0.3) is 0 Å². The first kappa shape index (κ1) is 16.7. The molecule has 2 aliphatic heterocycles. The van der Waals surface area contributed by atoms with E-state index >= 15 is 0 Å². The summed E-state index contributed by atoms with van der Waals surface area (Å²) in [6.07, 6.45) is 5.73. The lowest BCUT2D eigenvalue weighted by Gasteiger charge is -2.34. The van der Waals surface area contributed by atoms with Crippen molar-refractivity contribution >= 4 is 10.0 Å². The van der Waals surface area contributed by atoms with E-state index in [0.717, 1.165) is 30.6 Å². The van der Waals surface area contributed by atoms with Gasteiger partial charge in [-0.3, -0.25) is 0 Å². The van der Waals surface area contributed by atoms with Crippen LogP contribution in [-0.4, -0.2) is 57.8 Å². The summed E-state index contributed by atoms with van der Waals surface area (Å²) in [7, 11) is -3.04. The maximum Gasteiger partial charge on any atom is 0.211 e. The minimum Gasteiger partial charge on any atom is -0.316 e. The lowest BCUT2D eigenvalue weighted by Crippen LogP contribution is -2.47. The van der Waals surface area contributed by atoms with Crippen LogP contribution in [0.5, 0.6) is 0 Å². The standard InChI is InChI=1S/C16H31N3O2S/c1-2-22(20,21)18-16-5-3-13(4-6-16)11-19-8-7-14(12-19)15-9-17-10-15/h13-18H,2-12H2,1H3/t13-,14?,16-. The molecule has 2 N–H and O–H groups in total. The average Bonchev–Trinajstić information content (AvgIpc) is 2.87. The van der Waals surface area contributed by atoms with E-state index in [-0.39, 0.29) is 11.8 Å². The number of hydrogen-bond donors (Lipinski definition) is 2. The number of hydrogen-bond acceptors (Lipinski definition) is 4. The van der Waals surface area contributed by atoms with Crippen molar-refractivity contribution in [3.63, 3.8) is 0 Å². The lowest BCUT2D eigenvalue weighted by atomic mass is 9.86. The molecule has 1 unspecified atom stereocenters. The average molecular weight is 330 g/mol. The van der Waals surface area contributed by atoms with Crippen molar-refractivity contribution in [3.05, 3.63) is 0 Å². The van der Waals surface area contributed by atoms with Gasteiger partial charge in [-0.15, -0.1) is 0 Å². The SMILES string of the molecule is CCS(=O)(=O)N[C@H]1CC[C@H](CN2CCC(C3CNC3)C2)CC1. The molecule has 1 saturated carbocycles. The van der Waals surface area contributed by atoms with E-state index in [4.69, 9.17) is 0 Å². The summed E-state index contributed by atoms with van der Waals surface area (Å²) in [6.45, 7) is 7.93. The van der Waals surface area contributed by atoms with Gasteiger partial charge in [0.15, 0.2) is 0 Å².